The van der Waals surface area contributed by atoms with Crippen molar-refractivity contribution in [2.24, 2.45) is 7.05 Å². The summed E-state index contributed by atoms with van der Waals surface area (Å²) in [5, 5.41) is 14.1. The van der Waals surface area contributed by atoms with Crippen molar-refractivity contribution in [3.63, 3.8) is 0 Å². The van der Waals surface area contributed by atoms with E-state index in [1.807, 2.05) is 44.4 Å². The fraction of sp³-hybridized carbons (Fsp3) is 0.300. The average molecular weight is 387 g/mol. The number of piperazine rings is 1. The Kier molecular flexibility index (Phi) is 4.27. The molecule has 0 atom stereocenters. The predicted octanol–water partition coefficient (Wildman–Crippen LogP) is 1.85. The minimum absolute atomic E-state index is 0.760. The smallest absolute Gasteiger partial charge is 0.163 e. The monoisotopic (exact) mass is 387 g/mol. The Morgan fingerprint density at radius 2 is 1.72 bits per heavy atom. The van der Waals surface area contributed by atoms with Crippen LogP contribution in [0.1, 0.15) is 5.82 Å². The van der Waals surface area contributed by atoms with Gasteiger partial charge in [-0.2, -0.15) is 5.10 Å². The minimum Gasteiger partial charge on any atom is -0.352 e. The van der Waals surface area contributed by atoms with E-state index in [1.54, 1.807) is 17.1 Å². The molecule has 0 saturated carbocycles. The molecule has 0 radical (unpaired) electrons. The molecule has 1 aliphatic heterocycles. The topological polar surface area (TPSA) is 88.8 Å². The second-order valence-electron chi connectivity index (χ2n) is 7.09. The van der Waals surface area contributed by atoms with Crippen LogP contribution in [0.4, 0.5) is 11.6 Å². The summed E-state index contributed by atoms with van der Waals surface area (Å²) in [6, 6.07) is 7.91. The summed E-state index contributed by atoms with van der Waals surface area (Å²) in [4.78, 5) is 17.9. The largest absolute Gasteiger partial charge is 0.352 e. The number of aryl methyl sites for hydroxylation is 2. The first kappa shape index (κ1) is 17.5. The second-order valence-corrected chi connectivity index (χ2v) is 7.09. The molecular weight excluding hydrogens is 366 g/mol. The number of aromatic nitrogens is 7. The third kappa shape index (κ3) is 3.24. The van der Waals surface area contributed by atoms with Crippen molar-refractivity contribution < 1.29 is 0 Å². The molecule has 0 N–H and O–H groups in total. The Balaban J connectivity index is 1.32. The third-order valence-corrected chi connectivity index (χ3v) is 5.19. The van der Waals surface area contributed by atoms with Crippen molar-refractivity contribution in [1.82, 2.24) is 34.9 Å². The van der Waals surface area contributed by atoms with Crippen LogP contribution in [0, 0.1) is 6.92 Å². The molecular formula is C20H21N9. The second kappa shape index (κ2) is 7.08. The number of anilines is 2. The normalized spacial score (nSPS) is 14.6. The SMILES string of the molecule is Cc1nc(N2CCN(c3ccc(-c4cccnc4)nn3)CC2)c2cnn(C)c2n1. The Morgan fingerprint density at radius 1 is 0.897 bits per heavy atom. The van der Waals surface area contributed by atoms with Gasteiger partial charge in [0.2, 0.25) is 0 Å². The zero-order chi connectivity index (χ0) is 19.8. The van der Waals surface area contributed by atoms with Crippen LogP contribution in [0.15, 0.2) is 42.9 Å². The van der Waals surface area contributed by atoms with E-state index in [0.717, 1.165) is 65.9 Å². The maximum atomic E-state index is 4.69. The highest BCUT2D eigenvalue weighted by molar-refractivity contribution is 5.87. The average Bonchev–Trinajstić information content (AvgIpc) is 3.15. The molecule has 0 spiro atoms. The van der Waals surface area contributed by atoms with Crippen molar-refractivity contribution in [3.8, 4) is 11.3 Å². The van der Waals surface area contributed by atoms with Crippen LogP contribution in [-0.4, -0.2) is 61.1 Å². The molecule has 1 aliphatic rings. The van der Waals surface area contributed by atoms with Gasteiger partial charge in [0, 0.05) is 51.2 Å². The minimum atomic E-state index is 0.760. The molecule has 4 aromatic heterocycles. The summed E-state index contributed by atoms with van der Waals surface area (Å²) in [6.45, 7) is 5.34. The highest BCUT2D eigenvalue weighted by atomic mass is 15.3. The standard InChI is InChI=1S/C20H21N9/c1-14-23-19-16(13-22-27(19)2)20(24-14)29-10-8-28(9-11-29)18-6-5-17(25-26-18)15-4-3-7-21-12-15/h3-7,12-13H,8-11H2,1-2H3. The molecule has 0 aromatic carbocycles. The molecule has 1 fully saturated rings. The fourth-order valence-corrected chi connectivity index (χ4v) is 3.66. The van der Waals surface area contributed by atoms with E-state index in [-0.39, 0.29) is 0 Å². The number of fused-ring (bicyclic) bond motifs is 1. The van der Waals surface area contributed by atoms with Crippen molar-refractivity contribution >= 4 is 22.7 Å². The van der Waals surface area contributed by atoms with Crippen molar-refractivity contribution in [2.75, 3.05) is 36.0 Å². The van der Waals surface area contributed by atoms with E-state index in [0.29, 0.717) is 0 Å². The summed E-state index contributed by atoms with van der Waals surface area (Å²) < 4.78 is 1.79. The summed E-state index contributed by atoms with van der Waals surface area (Å²) >= 11 is 0. The van der Waals surface area contributed by atoms with Gasteiger partial charge in [0.05, 0.1) is 17.3 Å². The Bertz CT molecular complexity index is 1130. The lowest BCUT2D eigenvalue weighted by Gasteiger charge is -2.36. The Labute approximate surface area is 168 Å². The van der Waals surface area contributed by atoms with Gasteiger partial charge < -0.3 is 9.80 Å². The van der Waals surface area contributed by atoms with E-state index in [1.165, 1.54) is 0 Å². The zero-order valence-corrected chi connectivity index (χ0v) is 16.4. The quantitative estimate of drug-likeness (QED) is 0.526. The first-order chi connectivity index (χ1) is 14.2. The Morgan fingerprint density at radius 3 is 2.45 bits per heavy atom. The van der Waals surface area contributed by atoms with Gasteiger partial charge in [0.1, 0.15) is 11.6 Å². The van der Waals surface area contributed by atoms with E-state index in [9.17, 15) is 0 Å². The van der Waals surface area contributed by atoms with Gasteiger partial charge >= 0.3 is 0 Å². The van der Waals surface area contributed by atoms with Crippen LogP contribution >= 0.6 is 0 Å². The molecule has 5 rings (SSSR count). The highest BCUT2D eigenvalue weighted by Gasteiger charge is 2.22. The molecule has 0 amide bonds. The number of nitrogens with zero attached hydrogens (tertiary/aromatic N) is 9. The van der Waals surface area contributed by atoms with Gasteiger partial charge in [-0.05, 0) is 31.2 Å². The molecule has 0 bridgehead atoms. The van der Waals surface area contributed by atoms with Crippen LogP contribution in [-0.2, 0) is 7.05 Å². The third-order valence-electron chi connectivity index (χ3n) is 5.19. The van der Waals surface area contributed by atoms with Crippen LogP contribution in [0.5, 0.6) is 0 Å². The lowest BCUT2D eigenvalue weighted by Crippen LogP contribution is -2.47. The van der Waals surface area contributed by atoms with Gasteiger partial charge in [0.25, 0.3) is 0 Å². The predicted molar refractivity (Wildman–Crippen MR) is 111 cm³/mol. The molecule has 5 heterocycles. The van der Waals surface area contributed by atoms with Gasteiger partial charge in [-0.25, -0.2) is 9.97 Å². The van der Waals surface area contributed by atoms with Crippen molar-refractivity contribution in [3.05, 3.63) is 48.7 Å². The molecule has 9 nitrogen and oxygen atoms in total. The molecule has 0 unspecified atom stereocenters. The van der Waals surface area contributed by atoms with E-state index in [2.05, 4.69) is 35.1 Å². The van der Waals surface area contributed by atoms with Crippen molar-refractivity contribution in [1.29, 1.82) is 0 Å². The van der Waals surface area contributed by atoms with Gasteiger partial charge in [0.15, 0.2) is 11.5 Å². The molecule has 4 aromatic rings. The highest BCUT2D eigenvalue weighted by Crippen LogP contribution is 2.25. The first-order valence-electron chi connectivity index (χ1n) is 9.59. The number of hydrogen-bond donors (Lipinski definition) is 0. The lowest BCUT2D eigenvalue weighted by atomic mass is 10.2. The Hall–Kier alpha value is -3.62. The maximum absolute atomic E-state index is 4.69. The first-order valence-corrected chi connectivity index (χ1v) is 9.59. The van der Waals surface area contributed by atoms with Gasteiger partial charge in [-0.1, -0.05) is 0 Å². The number of rotatable bonds is 3. The molecule has 146 valence electrons. The van der Waals surface area contributed by atoms with Crippen LogP contribution in [0.3, 0.4) is 0 Å². The fourth-order valence-electron chi connectivity index (χ4n) is 3.66. The molecule has 29 heavy (non-hydrogen) atoms. The molecule has 1 saturated heterocycles. The summed E-state index contributed by atoms with van der Waals surface area (Å²) in [6.07, 6.45) is 5.40. The summed E-state index contributed by atoms with van der Waals surface area (Å²) in [7, 11) is 1.91. The van der Waals surface area contributed by atoms with Crippen LogP contribution in [0.25, 0.3) is 22.3 Å². The van der Waals surface area contributed by atoms with E-state index in [4.69, 9.17) is 4.98 Å². The van der Waals surface area contributed by atoms with Crippen LogP contribution < -0.4 is 9.80 Å². The molecule has 9 heteroatoms. The van der Waals surface area contributed by atoms with Gasteiger partial charge in [-0.15, -0.1) is 10.2 Å². The summed E-state index contributed by atoms with van der Waals surface area (Å²) in [5.74, 6) is 2.61. The van der Waals surface area contributed by atoms with E-state index >= 15 is 0 Å². The summed E-state index contributed by atoms with van der Waals surface area (Å²) in [5.41, 5.74) is 2.67. The van der Waals surface area contributed by atoms with E-state index < -0.39 is 0 Å². The van der Waals surface area contributed by atoms with Crippen LogP contribution in [0.2, 0.25) is 0 Å². The number of hydrogen-bond acceptors (Lipinski definition) is 8. The zero-order valence-electron chi connectivity index (χ0n) is 16.4. The maximum Gasteiger partial charge on any atom is 0.163 e. The van der Waals surface area contributed by atoms with Crippen molar-refractivity contribution in [2.45, 2.75) is 6.92 Å². The van der Waals surface area contributed by atoms with Gasteiger partial charge in [-0.3, -0.25) is 9.67 Å². The lowest BCUT2D eigenvalue weighted by molar-refractivity contribution is 0.638. The molecule has 0 aliphatic carbocycles. The number of pyridine rings is 1.